The van der Waals surface area contributed by atoms with Crippen molar-refractivity contribution in [1.82, 2.24) is 0 Å². The number of aryl methyl sites for hydroxylation is 2. The Kier molecular flexibility index (Phi) is 6.64. The molecule has 0 saturated heterocycles. The van der Waals surface area contributed by atoms with Crippen LogP contribution in [0.4, 0.5) is 34.1 Å². The van der Waals surface area contributed by atoms with Gasteiger partial charge in [-0.05, 0) is 97.8 Å². The highest BCUT2D eigenvalue weighted by Crippen LogP contribution is 2.41. The van der Waals surface area contributed by atoms with Crippen molar-refractivity contribution < 1.29 is 0 Å². The number of fused-ring (bicyclic) bond motifs is 3. The molecule has 3 heteroatoms. The zero-order valence-electron chi connectivity index (χ0n) is 24.3. The zero-order valence-corrected chi connectivity index (χ0v) is 24.3. The Balaban J connectivity index is 1.43. The Labute approximate surface area is 249 Å². The molecule has 0 saturated carbocycles. The van der Waals surface area contributed by atoms with Gasteiger partial charge in [-0.15, -0.1) is 0 Å². The summed E-state index contributed by atoms with van der Waals surface area (Å²) in [5, 5.41) is 0. The fourth-order valence-corrected chi connectivity index (χ4v) is 6.76. The molecule has 202 valence electrons. The molecule has 1 aliphatic rings. The van der Waals surface area contributed by atoms with Gasteiger partial charge in [0.2, 0.25) is 6.71 Å². The number of nitrogens with zero attached hydrogens (tertiary/aromatic N) is 2. The topological polar surface area (TPSA) is 6.48 Å². The molecule has 6 aromatic rings. The van der Waals surface area contributed by atoms with Crippen LogP contribution in [0, 0.1) is 13.8 Å². The second-order valence-corrected chi connectivity index (χ2v) is 11.2. The minimum atomic E-state index is 0.335. The summed E-state index contributed by atoms with van der Waals surface area (Å²) in [5.74, 6) is 0. The molecule has 6 aromatic carbocycles. The van der Waals surface area contributed by atoms with E-state index in [4.69, 9.17) is 0 Å². The molecule has 0 aromatic heterocycles. The van der Waals surface area contributed by atoms with Crippen LogP contribution in [-0.2, 0) is 0 Å². The highest BCUT2D eigenvalue weighted by Gasteiger charge is 2.33. The highest BCUT2D eigenvalue weighted by atomic mass is 15.1. The van der Waals surface area contributed by atoms with E-state index in [2.05, 4.69) is 176 Å². The van der Waals surface area contributed by atoms with Crippen LogP contribution in [0.3, 0.4) is 0 Å². The lowest BCUT2D eigenvalue weighted by atomic mass is 9.43. The molecule has 0 aliphatic carbocycles. The van der Waals surface area contributed by atoms with Crippen LogP contribution in [0.15, 0.2) is 146 Å². The van der Waals surface area contributed by atoms with Crippen LogP contribution in [0.2, 0.25) is 6.82 Å². The van der Waals surface area contributed by atoms with Gasteiger partial charge in [-0.25, -0.2) is 0 Å². The van der Waals surface area contributed by atoms with Crippen LogP contribution in [-0.4, -0.2) is 6.71 Å². The first-order valence-corrected chi connectivity index (χ1v) is 14.7. The van der Waals surface area contributed by atoms with Crippen LogP contribution in [0.1, 0.15) is 11.1 Å². The predicted octanol–water partition coefficient (Wildman–Crippen LogP) is 9.46. The smallest absolute Gasteiger partial charge is 0.208 e. The van der Waals surface area contributed by atoms with Crippen molar-refractivity contribution in [2.75, 3.05) is 9.80 Å². The Morgan fingerprint density at radius 1 is 0.381 bits per heavy atom. The third kappa shape index (κ3) is 4.48. The SMILES string of the molecule is CB1c2c(C)cc(N(c3ccccc3)c3ccccc3)cc2-c2cc(N(c3ccccc3)c3ccccc3)cc(C)c21. The molecular weight excluding hydrogens is 507 g/mol. The van der Waals surface area contributed by atoms with Crippen LogP contribution in [0.25, 0.3) is 11.1 Å². The van der Waals surface area contributed by atoms with Gasteiger partial charge in [-0.1, -0.05) is 102 Å². The number of benzene rings is 6. The third-order valence-corrected chi connectivity index (χ3v) is 8.47. The first kappa shape index (κ1) is 25.9. The quantitative estimate of drug-likeness (QED) is 0.194. The summed E-state index contributed by atoms with van der Waals surface area (Å²) < 4.78 is 0. The van der Waals surface area contributed by atoms with Gasteiger partial charge in [0.15, 0.2) is 0 Å². The summed E-state index contributed by atoms with van der Waals surface area (Å²) in [6, 6.07) is 52.2. The number of rotatable bonds is 6. The summed E-state index contributed by atoms with van der Waals surface area (Å²) in [6.07, 6.45) is 0. The lowest BCUT2D eigenvalue weighted by Crippen LogP contribution is -2.37. The zero-order chi connectivity index (χ0) is 28.6. The maximum Gasteiger partial charge on any atom is 0.208 e. The summed E-state index contributed by atoms with van der Waals surface area (Å²) in [5.41, 5.74) is 15.1. The maximum atomic E-state index is 2.41. The average molecular weight is 541 g/mol. The van der Waals surface area contributed by atoms with Gasteiger partial charge in [-0.2, -0.15) is 0 Å². The fraction of sp³-hybridized carbons (Fsp3) is 0.0769. The van der Waals surface area contributed by atoms with Gasteiger partial charge in [0.25, 0.3) is 0 Å². The molecule has 0 spiro atoms. The largest absolute Gasteiger partial charge is 0.310 e. The normalized spacial score (nSPS) is 11.6. The highest BCUT2D eigenvalue weighted by molar-refractivity contribution is 6.89. The number of hydrogen-bond acceptors (Lipinski definition) is 2. The van der Waals surface area contributed by atoms with E-state index in [-0.39, 0.29) is 0 Å². The number of anilines is 6. The second kappa shape index (κ2) is 10.8. The molecule has 0 unspecified atom stereocenters. The van der Waals surface area contributed by atoms with Gasteiger partial charge >= 0.3 is 0 Å². The van der Waals surface area contributed by atoms with Crippen molar-refractivity contribution in [3.05, 3.63) is 157 Å². The monoisotopic (exact) mass is 540 g/mol. The van der Waals surface area contributed by atoms with Crippen molar-refractivity contribution in [2.24, 2.45) is 0 Å². The van der Waals surface area contributed by atoms with Crippen molar-refractivity contribution >= 4 is 51.8 Å². The Bertz CT molecular complexity index is 1630. The molecule has 0 N–H and O–H groups in total. The molecule has 1 heterocycles. The van der Waals surface area contributed by atoms with Crippen molar-refractivity contribution in [3.8, 4) is 11.1 Å². The van der Waals surface area contributed by atoms with Gasteiger partial charge in [0, 0.05) is 34.1 Å². The van der Waals surface area contributed by atoms with Crippen LogP contribution in [0.5, 0.6) is 0 Å². The summed E-state index contributed by atoms with van der Waals surface area (Å²) in [4.78, 5) is 4.74. The van der Waals surface area contributed by atoms with E-state index in [0.29, 0.717) is 6.71 Å². The number of hydrogen-bond donors (Lipinski definition) is 0. The lowest BCUT2D eigenvalue weighted by molar-refractivity contribution is 1.27. The number of para-hydroxylation sites is 4. The molecule has 0 fully saturated rings. The molecule has 2 nitrogen and oxygen atoms in total. The minimum absolute atomic E-state index is 0.335. The van der Waals surface area contributed by atoms with Crippen LogP contribution >= 0.6 is 0 Å². The first-order valence-electron chi connectivity index (χ1n) is 14.7. The van der Waals surface area contributed by atoms with Gasteiger partial charge in [-0.3, -0.25) is 0 Å². The fourth-order valence-electron chi connectivity index (χ4n) is 6.76. The standard InChI is InChI=1S/C39H33BN2/c1-28-24-34(41(30-16-8-4-9-17-30)31-18-10-5-11-19-31)26-36-37-27-35(25-29(2)39(37)40(3)38(28)36)42(32-20-12-6-13-21-32)33-22-14-7-15-23-33/h4-27H,1-3H3. The van der Waals surface area contributed by atoms with E-state index in [1.807, 2.05) is 0 Å². The summed E-state index contributed by atoms with van der Waals surface area (Å²) >= 11 is 0. The second-order valence-electron chi connectivity index (χ2n) is 11.2. The molecular formula is C39H33BN2. The van der Waals surface area contributed by atoms with E-state index in [9.17, 15) is 0 Å². The van der Waals surface area contributed by atoms with Gasteiger partial charge in [0.05, 0.1) is 0 Å². The molecule has 0 bridgehead atoms. The van der Waals surface area contributed by atoms with E-state index >= 15 is 0 Å². The molecule has 42 heavy (non-hydrogen) atoms. The van der Waals surface area contributed by atoms with Crippen molar-refractivity contribution in [3.63, 3.8) is 0 Å². The molecule has 0 amide bonds. The van der Waals surface area contributed by atoms with E-state index in [0.717, 1.165) is 22.7 Å². The maximum absolute atomic E-state index is 2.41. The molecule has 0 radical (unpaired) electrons. The molecule has 0 atom stereocenters. The minimum Gasteiger partial charge on any atom is -0.310 e. The molecule has 1 aliphatic heterocycles. The van der Waals surface area contributed by atoms with Gasteiger partial charge in [0.1, 0.15) is 0 Å². The average Bonchev–Trinajstić information content (AvgIpc) is 3.32. The Morgan fingerprint density at radius 3 is 0.952 bits per heavy atom. The van der Waals surface area contributed by atoms with Gasteiger partial charge < -0.3 is 9.80 Å². The van der Waals surface area contributed by atoms with Crippen molar-refractivity contribution in [2.45, 2.75) is 20.7 Å². The third-order valence-electron chi connectivity index (χ3n) is 8.47. The predicted molar refractivity (Wildman–Crippen MR) is 182 cm³/mol. The van der Waals surface area contributed by atoms with E-state index < -0.39 is 0 Å². The molecule has 7 rings (SSSR count). The summed E-state index contributed by atoms with van der Waals surface area (Å²) in [6.45, 7) is 7.24. The Morgan fingerprint density at radius 2 is 0.667 bits per heavy atom. The van der Waals surface area contributed by atoms with Crippen LogP contribution < -0.4 is 20.7 Å². The van der Waals surface area contributed by atoms with Crippen molar-refractivity contribution in [1.29, 1.82) is 0 Å². The van der Waals surface area contributed by atoms with E-state index in [1.165, 1.54) is 44.6 Å². The first-order chi connectivity index (χ1) is 20.6. The Hall–Kier alpha value is -5.02. The summed E-state index contributed by atoms with van der Waals surface area (Å²) in [7, 11) is 0. The van der Waals surface area contributed by atoms with E-state index in [1.54, 1.807) is 0 Å². The lowest BCUT2D eigenvalue weighted by Gasteiger charge is -2.27.